The van der Waals surface area contributed by atoms with Crippen LogP contribution in [0.4, 0.5) is 5.69 Å². The molecule has 0 aromatic heterocycles. The summed E-state index contributed by atoms with van der Waals surface area (Å²) in [5.74, 6) is -0.0436. The lowest BCUT2D eigenvalue weighted by molar-refractivity contribution is -0.122. The van der Waals surface area contributed by atoms with Crippen LogP contribution in [-0.2, 0) is 9.53 Å². The zero-order valence-corrected chi connectivity index (χ0v) is 15.9. The van der Waals surface area contributed by atoms with E-state index in [0.29, 0.717) is 23.6 Å². The van der Waals surface area contributed by atoms with Crippen molar-refractivity contribution in [3.05, 3.63) is 58.7 Å². The molecule has 0 aliphatic rings. The first-order valence-corrected chi connectivity index (χ1v) is 8.63. The van der Waals surface area contributed by atoms with Crippen LogP contribution in [0.25, 0.3) is 0 Å². The van der Waals surface area contributed by atoms with Crippen LogP contribution in [0.1, 0.15) is 40.9 Å². The second-order valence-electron chi connectivity index (χ2n) is 6.32. The number of carbonyl (C=O) groups is 2. The highest BCUT2D eigenvalue weighted by atomic mass is 16.5. The Kier molecular flexibility index (Phi) is 6.39. The molecule has 0 spiro atoms. The Hall–Kier alpha value is -2.82. The zero-order valence-electron chi connectivity index (χ0n) is 15.9. The molecule has 1 N–H and O–H groups in total. The molecule has 0 saturated heterocycles. The maximum Gasteiger partial charge on any atom is 0.338 e. The molecule has 0 unspecified atom stereocenters. The summed E-state index contributed by atoms with van der Waals surface area (Å²) in [5, 5.41) is 2.83. The van der Waals surface area contributed by atoms with Gasteiger partial charge in [-0.15, -0.1) is 0 Å². The molecule has 1 atom stereocenters. The predicted octanol–water partition coefficient (Wildman–Crippen LogP) is 4.19. The maximum atomic E-state index is 12.5. The van der Waals surface area contributed by atoms with Crippen LogP contribution in [0.2, 0.25) is 0 Å². The second kappa shape index (κ2) is 8.52. The van der Waals surface area contributed by atoms with Crippen molar-refractivity contribution in [3.63, 3.8) is 0 Å². The summed E-state index contributed by atoms with van der Waals surface area (Å²) in [7, 11) is 0. The fourth-order valence-corrected chi connectivity index (χ4v) is 2.59. The van der Waals surface area contributed by atoms with Crippen LogP contribution in [0.15, 0.2) is 36.4 Å². The van der Waals surface area contributed by atoms with E-state index in [9.17, 15) is 9.59 Å². The van der Waals surface area contributed by atoms with E-state index in [0.717, 1.165) is 16.7 Å². The number of rotatable bonds is 6. The van der Waals surface area contributed by atoms with Crippen molar-refractivity contribution in [1.82, 2.24) is 0 Å². The maximum absolute atomic E-state index is 12.5. The van der Waals surface area contributed by atoms with Gasteiger partial charge in [0.05, 0.1) is 12.2 Å². The topological polar surface area (TPSA) is 64.6 Å². The number of esters is 1. The average molecular weight is 355 g/mol. The molecule has 2 aromatic carbocycles. The van der Waals surface area contributed by atoms with E-state index in [2.05, 4.69) is 5.32 Å². The molecular formula is C21H25NO4. The number of nitrogens with one attached hydrogen (secondary N) is 1. The molecule has 26 heavy (non-hydrogen) atoms. The summed E-state index contributed by atoms with van der Waals surface area (Å²) >= 11 is 0. The smallest absolute Gasteiger partial charge is 0.338 e. The van der Waals surface area contributed by atoms with Gasteiger partial charge in [0.1, 0.15) is 5.75 Å². The standard InChI is InChI=1S/C21H25NO4/c1-6-25-21(24)17-8-7-15(4)19(12-17)22-20(23)16(5)26-18-10-13(2)9-14(3)11-18/h7-12,16H,6H2,1-5H3,(H,22,23)/t16-/m0/s1. The lowest BCUT2D eigenvalue weighted by Gasteiger charge is -2.17. The third kappa shape index (κ3) is 5.09. The Morgan fingerprint density at radius 2 is 1.69 bits per heavy atom. The molecule has 0 fully saturated rings. The minimum absolute atomic E-state index is 0.284. The minimum Gasteiger partial charge on any atom is -0.481 e. The molecule has 0 heterocycles. The van der Waals surface area contributed by atoms with Crippen molar-refractivity contribution in [2.24, 2.45) is 0 Å². The lowest BCUT2D eigenvalue weighted by atomic mass is 10.1. The molecule has 0 bridgehead atoms. The molecule has 1 amide bonds. The fourth-order valence-electron chi connectivity index (χ4n) is 2.59. The molecule has 2 aromatic rings. The van der Waals surface area contributed by atoms with Gasteiger partial charge >= 0.3 is 5.97 Å². The third-order valence-corrected chi connectivity index (χ3v) is 3.88. The summed E-state index contributed by atoms with van der Waals surface area (Å²) in [6.07, 6.45) is -0.679. The van der Waals surface area contributed by atoms with Crippen molar-refractivity contribution in [2.45, 2.75) is 40.7 Å². The number of anilines is 1. The fraction of sp³-hybridized carbons (Fsp3) is 0.333. The van der Waals surface area contributed by atoms with Gasteiger partial charge in [0.25, 0.3) is 5.91 Å². The molecule has 0 aliphatic heterocycles. The zero-order chi connectivity index (χ0) is 19.3. The largest absolute Gasteiger partial charge is 0.481 e. The Labute approximate surface area is 154 Å². The summed E-state index contributed by atoms with van der Waals surface area (Å²) in [6, 6.07) is 10.9. The van der Waals surface area contributed by atoms with Crippen LogP contribution < -0.4 is 10.1 Å². The Balaban J connectivity index is 2.10. The van der Waals surface area contributed by atoms with Gasteiger partial charge < -0.3 is 14.8 Å². The number of aryl methyl sites for hydroxylation is 3. The predicted molar refractivity (Wildman–Crippen MR) is 102 cm³/mol. The Morgan fingerprint density at radius 3 is 2.31 bits per heavy atom. The van der Waals surface area contributed by atoms with Crippen LogP contribution in [0.5, 0.6) is 5.75 Å². The summed E-state index contributed by atoms with van der Waals surface area (Å²) in [5.41, 5.74) is 3.97. The van der Waals surface area contributed by atoms with Gasteiger partial charge in [0, 0.05) is 5.69 Å². The Morgan fingerprint density at radius 1 is 1.04 bits per heavy atom. The summed E-state index contributed by atoms with van der Waals surface area (Å²) in [6.45, 7) is 9.57. The van der Waals surface area contributed by atoms with E-state index in [-0.39, 0.29) is 5.91 Å². The van der Waals surface area contributed by atoms with Gasteiger partial charge in [0.2, 0.25) is 0 Å². The quantitative estimate of drug-likeness (QED) is 0.789. The monoisotopic (exact) mass is 355 g/mol. The summed E-state index contributed by atoms with van der Waals surface area (Å²) in [4.78, 5) is 24.4. The van der Waals surface area contributed by atoms with Gasteiger partial charge in [-0.25, -0.2) is 4.79 Å². The highest BCUT2D eigenvalue weighted by molar-refractivity contribution is 5.97. The molecule has 0 radical (unpaired) electrons. The normalized spacial score (nSPS) is 11.6. The molecule has 2 rings (SSSR count). The van der Waals surface area contributed by atoms with Crippen LogP contribution in [0, 0.1) is 20.8 Å². The summed E-state index contributed by atoms with van der Waals surface area (Å²) < 4.78 is 10.8. The van der Waals surface area contributed by atoms with Gasteiger partial charge in [0.15, 0.2) is 6.10 Å². The van der Waals surface area contributed by atoms with Crippen molar-refractivity contribution < 1.29 is 19.1 Å². The van der Waals surface area contributed by atoms with Gasteiger partial charge in [-0.3, -0.25) is 4.79 Å². The van der Waals surface area contributed by atoms with Crippen molar-refractivity contribution >= 4 is 17.6 Å². The first kappa shape index (κ1) is 19.5. The second-order valence-corrected chi connectivity index (χ2v) is 6.32. The minimum atomic E-state index is -0.679. The number of hydrogen-bond acceptors (Lipinski definition) is 4. The van der Waals surface area contributed by atoms with Gasteiger partial charge in [-0.2, -0.15) is 0 Å². The van der Waals surface area contributed by atoms with Gasteiger partial charge in [-0.1, -0.05) is 12.1 Å². The van der Waals surface area contributed by atoms with Crippen LogP contribution in [-0.4, -0.2) is 24.6 Å². The average Bonchev–Trinajstić information content (AvgIpc) is 2.55. The van der Waals surface area contributed by atoms with Crippen LogP contribution >= 0.6 is 0 Å². The van der Waals surface area contributed by atoms with E-state index in [1.165, 1.54) is 0 Å². The van der Waals surface area contributed by atoms with Crippen molar-refractivity contribution in [2.75, 3.05) is 11.9 Å². The van der Waals surface area contributed by atoms with Crippen molar-refractivity contribution in [3.8, 4) is 5.75 Å². The number of benzene rings is 2. The molecular weight excluding hydrogens is 330 g/mol. The molecule has 138 valence electrons. The molecule has 0 saturated carbocycles. The third-order valence-electron chi connectivity index (χ3n) is 3.88. The first-order valence-electron chi connectivity index (χ1n) is 8.63. The van der Waals surface area contributed by atoms with E-state index in [4.69, 9.17) is 9.47 Å². The molecule has 5 nitrogen and oxygen atoms in total. The first-order chi connectivity index (χ1) is 12.3. The highest BCUT2D eigenvalue weighted by Gasteiger charge is 2.17. The van der Waals surface area contributed by atoms with Crippen LogP contribution in [0.3, 0.4) is 0 Å². The van der Waals surface area contributed by atoms with E-state index < -0.39 is 12.1 Å². The number of hydrogen-bond donors (Lipinski definition) is 1. The Bertz CT molecular complexity index is 793. The number of amides is 1. The van der Waals surface area contributed by atoms with Gasteiger partial charge in [-0.05, 0) is 75.6 Å². The number of carbonyl (C=O) groups excluding carboxylic acids is 2. The lowest BCUT2D eigenvalue weighted by Crippen LogP contribution is -2.30. The van der Waals surface area contributed by atoms with Crippen molar-refractivity contribution in [1.29, 1.82) is 0 Å². The van der Waals surface area contributed by atoms with E-state index >= 15 is 0 Å². The molecule has 5 heteroatoms. The van der Waals surface area contributed by atoms with E-state index in [1.807, 2.05) is 39.0 Å². The SMILES string of the molecule is CCOC(=O)c1ccc(C)c(NC(=O)[C@H](C)Oc2cc(C)cc(C)c2)c1. The van der Waals surface area contributed by atoms with E-state index in [1.54, 1.807) is 32.0 Å². The highest BCUT2D eigenvalue weighted by Crippen LogP contribution is 2.20. The molecule has 0 aliphatic carbocycles. The number of ether oxygens (including phenoxy) is 2.